The zero-order valence-electron chi connectivity index (χ0n) is 9.85. The van der Waals surface area contributed by atoms with Gasteiger partial charge in [-0.15, -0.1) is 0 Å². The Hall–Kier alpha value is -0.170. The van der Waals surface area contributed by atoms with Gasteiger partial charge in [-0.25, -0.2) is 8.42 Å². The molecule has 0 spiro atoms. The second-order valence-electron chi connectivity index (χ2n) is 4.45. The molecule has 16 heavy (non-hydrogen) atoms. The van der Waals surface area contributed by atoms with Gasteiger partial charge < -0.3 is 10.4 Å². The minimum atomic E-state index is -2.91. The van der Waals surface area contributed by atoms with E-state index in [-0.39, 0.29) is 12.4 Å². The molecule has 0 amide bonds. The SMILES string of the molecule is CS(=O)(=O)CCN(CCO)CC1CCCN1. The number of aliphatic hydroxyl groups is 1. The molecule has 1 rings (SSSR count). The van der Waals surface area contributed by atoms with Crippen molar-refractivity contribution in [3.8, 4) is 0 Å². The molecule has 0 aromatic heterocycles. The lowest BCUT2D eigenvalue weighted by molar-refractivity contribution is 0.192. The molecular weight excluding hydrogens is 228 g/mol. The van der Waals surface area contributed by atoms with Gasteiger partial charge >= 0.3 is 0 Å². The molecule has 1 heterocycles. The third-order valence-corrected chi connectivity index (χ3v) is 3.76. The summed E-state index contributed by atoms with van der Waals surface area (Å²) in [5, 5.41) is 12.3. The lowest BCUT2D eigenvalue weighted by Gasteiger charge is -2.24. The van der Waals surface area contributed by atoms with Crippen molar-refractivity contribution < 1.29 is 13.5 Å². The van der Waals surface area contributed by atoms with Crippen molar-refractivity contribution in [1.29, 1.82) is 0 Å². The van der Waals surface area contributed by atoms with Crippen molar-refractivity contribution in [3.63, 3.8) is 0 Å². The maximum atomic E-state index is 11.1. The first kappa shape index (κ1) is 13.9. The van der Waals surface area contributed by atoms with E-state index in [9.17, 15) is 8.42 Å². The topological polar surface area (TPSA) is 69.6 Å². The fourth-order valence-electron chi connectivity index (χ4n) is 1.95. The summed E-state index contributed by atoms with van der Waals surface area (Å²) in [5.74, 6) is 0.166. The van der Waals surface area contributed by atoms with E-state index in [0.717, 1.165) is 19.5 Å². The zero-order valence-corrected chi connectivity index (χ0v) is 10.7. The van der Waals surface area contributed by atoms with Gasteiger partial charge in [-0.1, -0.05) is 0 Å². The summed E-state index contributed by atoms with van der Waals surface area (Å²) in [4.78, 5) is 2.02. The molecule has 1 aliphatic rings. The maximum Gasteiger partial charge on any atom is 0.148 e. The van der Waals surface area contributed by atoms with Crippen LogP contribution in [0.2, 0.25) is 0 Å². The van der Waals surface area contributed by atoms with Gasteiger partial charge in [-0.3, -0.25) is 4.90 Å². The van der Waals surface area contributed by atoms with Crippen molar-refractivity contribution in [2.45, 2.75) is 18.9 Å². The third kappa shape index (κ3) is 5.79. The van der Waals surface area contributed by atoms with Gasteiger partial charge in [0.25, 0.3) is 0 Å². The standard InChI is InChI=1S/C10H22N2O3S/c1-16(14,15)8-6-12(5-7-13)9-10-3-2-4-11-10/h10-11,13H,2-9H2,1H3. The van der Waals surface area contributed by atoms with Gasteiger partial charge in [-0.2, -0.15) is 0 Å². The fraction of sp³-hybridized carbons (Fsp3) is 1.00. The van der Waals surface area contributed by atoms with Crippen molar-refractivity contribution in [3.05, 3.63) is 0 Å². The van der Waals surface area contributed by atoms with Gasteiger partial charge in [0.15, 0.2) is 0 Å². The van der Waals surface area contributed by atoms with E-state index < -0.39 is 9.84 Å². The Labute approximate surface area is 97.7 Å². The first-order valence-corrected chi connectivity index (χ1v) is 7.81. The molecule has 6 heteroatoms. The van der Waals surface area contributed by atoms with E-state index in [1.54, 1.807) is 0 Å². The Morgan fingerprint density at radius 3 is 2.69 bits per heavy atom. The lowest BCUT2D eigenvalue weighted by atomic mass is 10.2. The number of hydrogen-bond donors (Lipinski definition) is 2. The highest BCUT2D eigenvalue weighted by molar-refractivity contribution is 7.90. The highest BCUT2D eigenvalue weighted by Crippen LogP contribution is 2.06. The second kappa shape index (κ2) is 6.54. The van der Waals surface area contributed by atoms with Crippen LogP contribution in [0.25, 0.3) is 0 Å². The summed E-state index contributed by atoms with van der Waals surface area (Å²) in [6.45, 7) is 3.02. The van der Waals surface area contributed by atoms with Gasteiger partial charge in [0, 0.05) is 31.9 Å². The summed E-state index contributed by atoms with van der Waals surface area (Å²) < 4.78 is 22.1. The summed E-state index contributed by atoms with van der Waals surface area (Å²) in [6, 6.07) is 0.450. The molecular formula is C10H22N2O3S. The zero-order chi connectivity index (χ0) is 12.0. The lowest BCUT2D eigenvalue weighted by Crippen LogP contribution is -2.41. The van der Waals surface area contributed by atoms with E-state index in [4.69, 9.17) is 5.11 Å². The number of hydrogen-bond acceptors (Lipinski definition) is 5. The average Bonchev–Trinajstić information content (AvgIpc) is 2.66. The van der Waals surface area contributed by atoms with Crippen LogP contribution in [0, 0.1) is 0 Å². The molecule has 0 bridgehead atoms. The minimum Gasteiger partial charge on any atom is -0.395 e. The van der Waals surface area contributed by atoms with Crippen LogP contribution in [0.15, 0.2) is 0 Å². The van der Waals surface area contributed by atoms with Gasteiger partial charge in [0.2, 0.25) is 0 Å². The van der Waals surface area contributed by atoms with Gasteiger partial charge in [0.05, 0.1) is 12.4 Å². The Balaban J connectivity index is 2.34. The molecule has 1 atom stereocenters. The first-order chi connectivity index (χ1) is 7.51. The summed E-state index contributed by atoms with van der Waals surface area (Å²) in [5.41, 5.74) is 0. The molecule has 0 aromatic rings. The molecule has 1 aliphatic heterocycles. The summed E-state index contributed by atoms with van der Waals surface area (Å²) in [6.07, 6.45) is 3.57. The van der Waals surface area contributed by atoms with Crippen LogP contribution in [-0.2, 0) is 9.84 Å². The quantitative estimate of drug-likeness (QED) is 0.611. The smallest absolute Gasteiger partial charge is 0.148 e. The Morgan fingerprint density at radius 2 is 2.19 bits per heavy atom. The third-order valence-electron chi connectivity index (χ3n) is 2.84. The predicted octanol–water partition coefficient (Wildman–Crippen LogP) is -0.923. The van der Waals surface area contributed by atoms with E-state index >= 15 is 0 Å². The number of nitrogens with zero attached hydrogens (tertiary/aromatic N) is 1. The van der Waals surface area contributed by atoms with Crippen LogP contribution in [0.5, 0.6) is 0 Å². The molecule has 0 radical (unpaired) electrons. The van der Waals surface area contributed by atoms with E-state index in [0.29, 0.717) is 19.1 Å². The second-order valence-corrected chi connectivity index (χ2v) is 6.71. The molecule has 2 N–H and O–H groups in total. The highest BCUT2D eigenvalue weighted by Gasteiger charge is 2.18. The number of sulfone groups is 1. The van der Waals surface area contributed by atoms with Crippen LogP contribution in [-0.4, -0.2) is 69.3 Å². The molecule has 1 unspecified atom stereocenters. The van der Waals surface area contributed by atoms with Gasteiger partial charge in [0.1, 0.15) is 9.84 Å². The van der Waals surface area contributed by atoms with Crippen LogP contribution in [0.3, 0.4) is 0 Å². The minimum absolute atomic E-state index is 0.0798. The summed E-state index contributed by atoms with van der Waals surface area (Å²) >= 11 is 0. The predicted molar refractivity (Wildman–Crippen MR) is 64.3 cm³/mol. The Morgan fingerprint density at radius 1 is 1.44 bits per heavy atom. The summed E-state index contributed by atoms with van der Waals surface area (Å²) in [7, 11) is -2.91. The monoisotopic (exact) mass is 250 g/mol. The number of rotatable bonds is 7. The molecule has 0 aliphatic carbocycles. The highest BCUT2D eigenvalue weighted by atomic mass is 32.2. The van der Waals surface area contributed by atoms with E-state index in [1.807, 2.05) is 4.90 Å². The molecule has 0 aromatic carbocycles. The molecule has 0 saturated carbocycles. The van der Waals surface area contributed by atoms with E-state index in [1.165, 1.54) is 12.7 Å². The van der Waals surface area contributed by atoms with Crippen LogP contribution < -0.4 is 5.32 Å². The van der Waals surface area contributed by atoms with E-state index in [2.05, 4.69) is 5.32 Å². The normalized spacial score (nSPS) is 21.8. The largest absolute Gasteiger partial charge is 0.395 e. The molecule has 96 valence electrons. The van der Waals surface area contributed by atoms with Crippen LogP contribution in [0.1, 0.15) is 12.8 Å². The fourth-order valence-corrected chi connectivity index (χ4v) is 2.54. The average molecular weight is 250 g/mol. The molecule has 1 fully saturated rings. The van der Waals surface area contributed by atoms with Crippen molar-refractivity contribution >= 4 is 9.84 Å². The number of nitrogens with one attached hydrogen (secondary N) is 1. The van der Waals surface area contributed by atoms with Crippen LogP contribution >= 0.6 is 0 Å². The Kier molecular flexibility index (Phi) is 5.68. The van der Waals surface area contributed by atoms with Gasteiger partial charge in [-0.05, 0) is 19.4 Å². The van der Waals surface area contributed by atoms with Crippen LogP contribution in [0.4, 0.5) is 0 Å². The maximum absolute atomic E-state index is 11.1. The van der Waals surface area contributed by atoms with Crippen molar-refractivity contribution in [2.75, 3.05) is 44.8 Å². The first-order valence-electron chi connectivity index (χ1n) is 5.75. The molecule has 1 saturated heterocycles. The Bertz CT molecular complexity index is 286. The molecule has 5 nitrogen and oxygen atoms in total. The van der Waals surface area contributed by atoms with Crippen molar-refractivity contribution in [1.82, 2.24) is 10.2 Å². The van der Waals surface area contributed by atoms with Crippen molar-refractivity contribution in [2.24, 2.45) is 0 Å². The number of aliphatic hydroxyl groups excluding tert-OH is 1.